The lowest BCUT2D eigenvalue weighted by Gasteiger charge is -2.26. The molecule has 3 nitrogen and oxygen atoms in total. The zero-order chi connectivity index (χ0) is 13.9. The Labute approximate surface area is 122 Å². The Bertz CT molecular complexity index is 566. The van der Waals surface area contributed by atoms with Gasteiger partial charge in [-0.3, -0.25) is 4.79 Å². The van der Waals surface area contributed by atoms with Crippen molar-refractivity contribution in [2.24, 2.45) is 5.92 Å². The van der Waals surface area contributed by atoms with E-state index < -0.39 is 5.97 Å². The highest BCUT2D eigenvalue weighted by Crippen LogP contribution is 2.27. The molecule has 0 bridgehead atoms. The minimum absolute atomic E-state index is 0.127. The summed E-state index contributed by atoms with van der Waals surface area (Å²) in [5.74, 6) is -0.759. The van der Waals surface area contributed by atoms with Crippen molar-refractivity contribution in [2.75, 3.05) is 0 Å². The smallest absolute Gasteiger partial charge is 0.306 e. The van der Waals surface area contributed by atoms with Crippen molar-refractivity contribution in [1.82, 2.24) is 5.32 Å². The van der Waals surface area contributed by atoms with E-state index >= 15 is 0 Å². The van der Waals surface area contributed by atoms with E-state index in [0.717, 1.165) is 32.2 Å². The maximum absolute atomic E-state index is 10.9. The van der Waals surface area contributed by atoms with E-state index in [-0.39, 0.29) is 5.92 Å². The van der Waals surface area contributed by atoms with Crippen molar-refractivity contribution < 1.29 is 9.90 Å². The van der Waals surface area contributed by atoms with Crippen molar-refractivity contribution in [3.63, 3.8) is 0 Å². The van der Waals surface area contributed by atoms with Crippen molar-refractivity contribution in [3.8, 4) is 0 Å². The maximum atomic E-state index is 10.9. The van der Waals surface area contributed by atoms with Gasteiger partial charge >= 0.3 is 5.97 Å². The van der Waals surface area contributed by atoms with Crippen LogP contribution >= 0.6 is 11.3 Å². The highest BCUT2D eigenvalue weighted by molar-refractivity contribution is 7.19. The average Bonchev–Trinajstić information content (AvgIpc) is 2.88. The molecule has 1 aliphatic carbocycles. The summed E-state index contributed by atoms with van der Waals surface area (Å²) in [6.07, 6.45) is 3.56. The number of carboxylic acids is 1. The molecule has 2 aromatic rings. The average molecular weight is 289 g/mol. The van der Waals surface area contributed by atoms with Crippen LogP contribution in [0, 0.1) is 5.92 Å². The third-order valence-corrected chi connectivity index (χ3v) is 5.23. The topological polar surface area (TPSA) is 49.3 Å². The van der Waals surface area contributed by atoms with Crippen LogP contribution in [-0.2, 0) is 11.3 Å². The Hall–Kier alpha value is -1.39. The Morgan fingerprint density at radius 1 is 1.25 bits per heavy atom. The van der Waals surface area contributed by atoms with E-state index in [4.69, 9.17) is 5.11 Å². The Balaban J connectivity index is 1.54. The van der Waals surface area contributed by atoms with Gasteiger partial charge in [0.15, 0.2) is 0 Å². The second-order valence-corrected chi connectivity index (χ2v) is 6.69. The highest BCUT2D eigenvalue weighted by Gasteiger charge is 2.25. The van der Waals surface area contributed by atoms with Crippen molar-refractivity contribution in [1.29, 1.82) is 0 Å². The lowest BCUT2D eigenvalue weighted by molar-refractivity contribution is -0.142. The zero-order valence-corrected chi connectivity index (χ0v) is 12.2. The van der Waals surface area contributed by atoms with Gasteiger partial charge in [-0.1, -0.05) is 18.2 Å². The molecule has 1 aromatic carbocycles. The molecule has 0 atom stereocenters. The van der Waals surface area contributed by atoms with Crippen LogP contribution in [0.25, 0.3) is 10.1 Å². The molecule has 0 radical (unpaired) electrons. The van der Waals surface area contributed by atoms with Gasteiger partial charge in [0.25, 0.3) is 0 Å². The monoisotopic (exact) mass is 289 g/mol. The maximum Gasteiger partial charge on any atom is 0.306 e. The highest BCUT2D eigenvalue weighted by atomic mass is 32.1. The molecular formula is C16H19NO2S. The standard InChI is InChI=1S/C16H19NO2S/c18-16(19)11-5-7-13(8-6-11)17-10-14-9-12-3-1-2-4-15(12)20-14/h1-4,9,11,13,17H,5-8,10H2,(H,18,19). The number of hydrogen-bond acceptors (Lipinski definition) is 3. The second-order valence-electron chi connectivity index (χ2n) is 5.52. The fraction of sp³-hybridized carbons (Fsp3) is 0.438. The summed E-state index contributed by atoms with van der Waals surface area (Å²) in [5.41, 5.74) is 0. The SMILES string of the molecule is O=C(O)C1CCC(NCc2cc3ccccc3s2)CC1. The van der Waals surface area contributed by atoms with Crippen LogP contribution < -0.4 is 5.32 Å². The number of aliphatic carboxylic acids is 1. The van der Waals surface area contributed by atoms with Gasteiger partial charge in [-0.05, 0) is 43.2 Å². The number of thiophene rings is 1. The largest absolute Gasteiger partial charge is 0.481 e. The molecule has 4 heteroatoms. The lowest BCUT2D eigenvalue weighted by Crippen LogP contribution is -2.34. The molecular weight excluding hydrogens is 270 g/mol. The van der Waals surface area contributed by atoms with Crippen LogP contribution in [0.4, 0.5) is 0 Å². The molecule has 1 fully saturated rings. The first-order chi connectivity index (χ1) is 9.72. The first kappa shape index (κ1) is 13.6. The number of carboxylic acid groups (broad SMARTS) is 1. The predicted molar refractivity (Wildman–Crippen MR) is 82.0 cm³/mol. The molecule has 1 aromatic heterocycles. The molecule has 0 unspecified atom stereocenters. The molecule has 2 N–H and O–H groups in total. The molecule has 0 aliphatic heterocycles. The fourth-order valence-electron chi connectivity index (χ4n) is 2.91. The minimum Gasteiger partial charge on any atom is -0.481 e. The van der Waals surface area contributed by atoms with Gasteiger partial charge in [-0.25, -0.2) is 0 Å². The minimum atomic E-state index is -0.632. The van der Waals surface area contributed by atoms with Crippen molar-refractivity contribution >= 4 is 27.4 Å². The third-order valence-electron chi connectivity index (χ3n) is 4.12. The van der Waals surface area contributed by atoms with Crippen LogP contribution in [0.15, 0.2) is 30.3 Å². The Kier molecular flexibility index (Phi) is 4.03. The Morgan fingerprint density at radius 3 is 2.70 bits per heavy atom. The quantitative estimate of drug-likeness (QED) is 0.903. The van der Waals surface area contributed by atoms with E-state index in [1.165, 1.54) is 15.0 Å². The van der Waals surface area contributed by atoms with E-state index in [1.807, 2.05) is 11.3 Å². The molecule has 1 aliphatic rings. The summed E-state index contributed by atoms with van der Waals surface area (Å²) in [5, 5.41) is 13.9. The lowest BCUT2D eigenvalue weighted by atomic mass is 9.86. The second kappa shape index (κ2) is 5.94. The molecule has 3 rings (SSSR count). The van der Waals surface area contributed by atoms with Gasteiger partial charge in [0.1, 0.15) is 0 Å². The van der Waals surface area contributed by atoms with E-state index in [9.17, 15) is 4.79 Å². The summed E-state index contributed by atoms with van der Waals surface area (Å²) in [7, 11) is 0. The van der Waals surface area contributed by atoms with Crippen LogP contribution in [0.1, 0.15) is 30.6 Å². The molecule has 1 heterocycles. The Morgan fingerprint density at radius 2 is 2.00 bits per heavy atom. The molecule has 1 saturated carbocycles. The fourth-order valence-corrected chi connectivity index (χ4v) is 3.93. The summed E-state index contributed by atoms with van der Waals surface area (Å²) in [6, 6.07) is 11.2. The zero-order valence-electron chi connectivity index (χ0n) is 11.3. The predicted octanol–water partition coefficient (Wildman–Crippen LogP) is 3.63. The van der Waals surface area contributed by atoms with E-state index in [0.29, 0.717) is 6.04 Å². The summed E-state index contributed by atoms with van der Waals surface area (Å²) >= 11 is 1.83. The normalized spacial score (nSPS) is 23.0. The van der Waals surface area contributed by atoms with E-state index in [2.05, 4.69) is 35.6 Å². The third kappa shape index (κ3) is 3.02. The summed E-state index contributed by atoms with van der Waals surface area (Å²) in [6.45, 7) is 0.891. The van der Waals surface area contributed by atoms with Crippen LogP contribution in [0.2, 0.25) is 0 Å². The van der Waals surface area contributed by atoms with Gasteiger partial charge in [0, 0.05) is 22.2 Å². The van der Waals surface area contributed by atoms with Crippen LogP contribution in [0.5, 0.6) is 0 Å². The van der Waals surface area contributed by atoms with Crippen LogP contribution in [-0.4, -0.2) is 17.1 Å². The molecule has 106 valence electrons. The number of hydrogen-bond donors (Lipinski definition) is 2. The molecule has 0 spiro atoms. The number of carbonyl (C=O) groups is 1. The number of nitrogens with one attached hydrogen (secondary N) is 1. The van der Waals surface area contributed by atoms with Gasteiger partial charge in [0.2, 0.25) is 0 Å². The molecule has 0 amide bonds. The van der Waals surface area contributed by atoms with Gasteiger partial charge in [-0.2, -0.15) is 0 Å². The van der Waals surface area contributed by atoms with Gasteiger partial charge in [-0.15, -0.1) is 11.3 Å². The summed E-state index contributed by atoms with van der Waals surface area (Å²) in [4.78, 5) is 12.3. The van der Waals surface area contributed by atoms with Crippen LogP contribution in [0.3, 0.4) is 0 Å². The number of benzene rings is 1. The van der Waals surface area contributed by atoms with E-state index in [1.54, 1.807) is 0 Å². The first-order valence-corrected chi connectivity index (χ1v) is 7.97. The first-order valence-electron chi connectivity index (χ1n) is 7.16. The van der Waals surface area contributed by atoms with Gasteiger partial charge in [0.05, 0.1) is 5.92 Å². The molecule has 20 heavy (non-hydrogen) atoms. The van der Waals surface area contributed by atoms with Crippen molar-refractivity contribution in [2.45, 2.75) is 38.3 Å². The number of fused-ring (bicyclic) bond motifs is 1. The van der Waals surface area contributed by atoms with Crippen molar-refractivity contribution in [3.05, 3.63) is 35.2 Å². The molecule has 0 saturated heterocycles. The summed E-state index contributed by atoms with van der Waals surface area (Å²) < 4.78 is 1.33. The number of rotatable bonds is 4. The van der Waals surface area contributed by atoms with Gasteiger partial charge < -0.3 is 10.4 Å².